The summed E-state index contributed by atoms with van der Waals surface area (Å²) in [4.78, 5) is 121. The molecular formula is C27H41N5O15S2. The second kappa shape index (κ2) is 23.7. The summed E-state index contributed by atoms with van der Waals surface area (Å²) in [6.45, 7) is 0. The number of carbonyl (C=O) groups is 10. The monoisotopic (exact) mass is 739 g/mol. The van der Waals surface area contributed by atoms with Crippen molar-refractivity contribution in [3.63, 3.8) is 0 Å². The maximum atomic E-state index is 13.4. The third-order valence-electron chi connectivity index (χ3n) is 6.47. The van der Waals surface area contributed by atoms with E-state index < -0.39 is 141 Å². The largest absolute Gasteiger partial charge is 0.481 e. The molecule has 0 aliphatic rings. The maximum Gasteiger partial charge on any atom is 0.327 e. The number of nitrogens with one attached hydrogen (secondary N) is 5. The van der Waals surface area contributed by atoms with Gasteiger partial charge in [0.05, 0.1) is 6.42 Å². The van der Waals surface area contributed by atoms with E-state index in [-0.39, 0.29) is 17.9 Å². The Morgan fingerprint density at radius 1 is 0.490 bits per heavy atom. The number of thioether (sulfide) groups is 1. The number of thiol groups is 1. The summed E-state index contributed by atoms with van der Waals surface area (Å²) in [7, 11) is 0. The van der Waals surface area contributed by atoms with Crippen LogP contribution in [0.15, 0.2) is 0 Å². The molecule has 0 aliphatic heterocycles. The zero-order valence-corrected chi connectivity index (χ0v) is 28.0. The molecule has 5 atom stereocenters. The smallest absolute Gasteiger partial charge is 0.327 e. The van der Waals surface area contributed by atoms with E-state index >= 15 is 0 Å². The van der Waals surface area contributed by atoms with Gasteiger partial charge in [0, 0.05) is 31.4 Å². The summed E-state index contributed by atoms with van der Waals surface area (Å²) in [5, 5.41) is 56.5. The molecule has 0 heterocycles. The van der Waals surface area contributed by atoms with E-state index in [1.165, 1.54) is 11.8 Å². The molecule has 0 rings (SSSR count). The standard InChI is InChI=1S/C27H41N5O15S2/c1-49-11-10-16(31-23(42)13(2-6-19(34)35)28-18(33)5-9-22(40)41)26(45)30-14(3-7-20(36)37)24(43)29-15(4-8-21(38)39)25(44)32-17(12-48)27(46)47/h13-17,48H,2-12H2,1H3,(H,28,33)(H,29,43)(H,30,45)(H,31,42)(H,32,44)(H,34,35)(H,36,37)(H,38,39)(H,40,41)(H,46,47). The Morgan fingerprint density at radius 2 is 0.816 bits per heavy atom. The Bertz CT molecular complexity index is 1230. The highest BCUT2D eigenvalue weighted by molar-refractivity contribution is 7.98. The number of hydrogen-bond acceptors (Lipinski definition) is 12. The molecular weight excluding hydrogens is 698 g/mol. The maximum absolute atomic E-state index is 13.4. The minimum atomic E-state index is -1.67. The van der Waals surface area contributed by atoms with Crippen molar-refractivity contribution in [1.29, 1.82) is 0 Å². The summed E-state index contributed by atoms with van der Waals surface area (Å²) < 4.78 is 0. The molecule has 0 aromatic rings. The second-order valence-corrected chi connectivity index (χ2v) is 11.7. The minimum absolute atomic E-state index is 0.0748. The third kappa shape index (κ3) is 19.7. The molecule has 0 spiro atoms. The Hall–Kier alpha value is -4.60. The number of carboxylic acids is 5. The number of carboxylic acid groups (broad SMARTS) is 5. The van der Waals surface area contributed by atoms with Gasteiger partial charge in [-0.3, -0.25) is 43.2 Å². The molecule has 20 nitrogen and oxygen atoms in total. The third-order valence-corrected chi connectivity index (χ3v) is 7.47. The fourth-order valence-corrected chi connectivity index (χ4v) is 4.59. The number of carbonyl (C=O) groups excluding carboxylic acids is 5. The molecule has 0 fully saturated rings. The van der Waals surface area contributed by atoms with E-state index in [1.54, 1.807) is 6.26 Å². The molecule has 10 N–H and O–H groups in total. The molecule has 0 aromatic carbocycles. The lowest BCUT2D eigenvalue weighted by atomic mass is 10.1. The highest BCUT2D eigenvalue weighted by atomic mass is 32.2. The first-order chi connectivity index (χ1) is 22.9. The molecule has 0 saturated heterocycles. The van der Waals surface area contributed by atoms with Crippen LogP contribution in [0, 0.1) is 0 Å². The lowest BCUT2D eigenvalue weighted by Crippen LogP contribution is -2.59. The van der Waals surface area contributed by atoms with Crippen LogP contribution in [-0.4, -0.2) is 133 Å². The second-order valence-electron chi connectivity index (χ2n) is 10.4. The molecule has 0 saturated carbocycles. The molecule has 276 valence electrons. The van der Waals surface area contributed by atoms with E-state index in [9.17, 15) is 58.2 Å². The Morgan fingerprint density at radius 3 is 1.12 bits per heavy atom. The molecule has 5 amide bonds. The Kier molecular flexibility index (Phi) is 21.5. The first-order valence-electron chi connectivity index (χ1n) is 14.6. The average molecular weight is 740 g/mol. The van der Waals surface area contributed by atoms with Crippen LogP contribution in [0.3, 0.4) is 0 Å². The fraction of sp³-hybridized carbons (Fsp3) is 0.630. The fourth-order valence-electron chi connectivity index (χ4n) is 3.88. The molecule has 0 aromatic heterocycles. The van der Waals surface area contributed by atoms with Crippen LogP contribution in [-0.2, 0) is 47.9 Å². The first kappa shape index (κ1) is 44.4. The zero-order chi connectivity index (χ0) is 37.7. The minimum Gasteiger partial charge on any atom is -0.481 e. The van der Waals surface area contributed by atoms with Crippen molar-refractivity contribution in [1.82, 2.24) is 26.6 Å². The lowest BCUT2D eigenvalue weighted by molar-refractivity contribution is -0.142. The number of amides is 5. The molecule has 5 unspecified atom stereocenters. The van der Waals surface area contributed by atoms with Gasteiger partial charge in [0.2, 0.25) is 29.5 Å². The van der Waals surface area contributed by atoms with Crippen molar-refractivity contribution < 1.29 is 73.5 Å². The molecule has 49 heavy (non-hydrogen) atoms. The van der Waals surface area contributed by atoms with E-state index in [2.05, 4.69) is 39.2 Å². The summed E-state index contributed by atoms with van der Waals surface area (Å²) in [5.41, 5.74) is 0. The van der Waals surface area contributed by atoms with Crippen LogP contribution in [0.1, 0.15) is 57.8 Å². The van der Waals surface area contributed by atoms with Crippen LogP contribution in [0.5, 0.6) is 0 Å². The summed E-state index contributed by atoms with van der Waals surface area (Å²) in [5.74, 6) is -12.1. The Labute approximate surface area is 289 Å². The predicted molar refractivity (Wildman–Crippen MR) is 172 cm³/mol. The van der Waals surface area contributed by atoms with E-state index in [0.29, 0.717) is 0 Å². The lowest BCUT2D eigenvalue weighted by Gasteiger charge is -2.26. The van der Waals surface area contributed by atoms with Crippen LogP contribution >= 0.6 is 24.4 Å². The van der Waals surface area contributed by atoms with Gasteiger partial charge in [0.15, 0.2) is 0 Å². The van der Waals surface area contributed by atoms with Gasteiger partial charge in [-0.05, 0) is 37.7 Å². The van der Waals surface area contributed by atoms with Crippen molar-refractivity contribution in [2.24, 2.45) is 0 Å². The van der Waals surface area contributed by atoms with Gasteiger partial charge in [-0.1, -0.05) is 0 Å². The van der Waals surface area contributed by atoms with Gasteiger partial charge in [-0.15, -0.1) is 0 Å². The van der Waals surface area contributed by atoms with E-state index in [4.69, 9.17) is 15.3 Å². The Balaban J connectivity index is 6.16. The van der Waals surface area contributed by atoms with Crippen molar-refractivity contribution in [2.75, 3.05) is 17.8 Å². The van der Waals surface area contributed by atoms with Crippen molar-refractivity contribution >= 4 is 83.8 Å². The highest BCUT2D eigenvalue weighted by Gasteiger charge is 2.33. The normalized spacial score (nSPS) is 13.7. The predicted octanol–water partition coefficient (Wildman–Crippen LogP) is -2.36. The first-order valence-corrected chi connectivity index (χ1v) is 16.6. The van der Waals surface area contributed by atoms with Crippen LogP contribution in [0.2, 0.25) is 0 Å². The number of rotatable bonds is 26. The van der Waals surface area contributed by atoms with Crippen LogP contribution in [0.25, 0.3) is 0 Å². The van der Waals surface area contributed by atoms with E-state index in [0.717, 1.165) is 0 Å². The summed E-state index contributed by atoms with van der Waals surface area (Å²) in [6, 6.07) is -7.75. The van der Waals surface area contributed by atoms with Gasteiger partial charge in [0.25, 0.3) is 0 Å². The van der Waals surface area contributed by atoms with Gasteiger partial charge in [-0.2, -0.15) is 24.4 Å². The molecule has 0 radical (unpaired) electrons. The number of aliphatic carboxylic acids is 5. The van der Waals surface area contributed by atoms with Gasteiger partial charge in [-0.25, -0.2) is 4.79 Å². The van der Waals surface area contributed by atoms with Gasteiger partial charge >= 0.3 is 29.8 Å². The quantitative estimate of drug-likeness (QED) is 0.0413. The zero-order valence-electron chi connectivity index (χ0n) is 26.3. The highest BCUT2D eigenvalue weighted by Crippen LogP contribution is 2.08. The van der Waals surface area contributed by atoms with E-state index in [1.807, 2.05) is 0 Å². The topological polar surface area (TPSA) is 332 Å². The summed E-state index contributed by atoms with van der Waals surface area (Å²) in [6.07, 6.45) is -2.92. The number of hydrogen-bond donors (Lipinski definition) is 11. The molecule has 0 aliphatic carbocycles. The molecule has 22 heteroatoms. The SMILES string of the molecule is CSCCC(NC(=O)C(CCC(=O)O)NC(=O)CCC(=O)O)C(=O)NC(CCC(=O)O)C(=O)NC(CCC(=O)O)C(=O)NC(CS)C(=O)O. The van der Waals surface area contributed by atoms with Gasteiger partial charge < -0.3 is 52.1 Å². The van der Waals surface area contributed by atoms with Crippen molar-refractivity contribution in [3.05, 3.63) is 0 Å². The van der Waals surface area contributed by atoms with Crippen molar-refractivity contribution in [2.45, 2.75) is 88.0 Å². The van der Waals surface area contributed by atoms with Crippen molar-refractivity contribution in [3.8, 4) is 0 Å². The average Bonchev–Trinajstić information content (AvgIpc) is 3.01. The summed E-state index contributed by atoms with van der Waals surface area (Å²) >= 11 is 5.08. The van der Waals surface area contributed by atoms with Crippen LogP contribution in [0.4, 0.5) is 0 Å². The van der Waals surface area contributed by atoms with Crippen LogP contribution < -0.4 is 26.6 Å². The molecule has 0 bridgehead atoms. The van der Waals surface area contributed by atoms with Gasteiger partial charge in [0.1, 0.15) is 30.2 Å².